The minimum Gasteiger partial charge on any atom is -0.338 e. The van der Waals surface area contributed by atoms with Gasteiger partial charge in [-0.2, -0.15) is 0 Å². The van der Waals surface area contributed by atoms with Crippen molar-refractivity contribution in [1.82, 2.24) is 15.5 Å². The average Bonchev–Trinajstić information content (AvgIpc) is 2.86. The topological polar surface area (TPSA) is 87.5 Å². The molecule has 0 saturated carbocycles. The molecule has 0 aromatic heterocycles. The van der Waals surface area contributed by atoms with Crippen molar-refractivity contribution >= 4 is 11.9 Å². The quantitative estimate of drug-likeness (QED) is 0.745. The molecular formula is C16H24N4O2. The molecule has 1 aromatic carbocycles. The summed E-state index contributed by atoms with van der Waals surface area (Å²) in [5.74, 6) is -0.0718. The Kier molecular flexibility index (Phi) is 5.91. The highest BCUT2D eigenvalue weighted by Gasteiger charge is 2.32. The van der Waals surface area contributed by atoms with Crippen LogP contribution in [0, 0.1) is 0 Å². The third-order valence-corrected chi connectivity index (χ3v) is 3.82. The summed E-state index contributed by atoms with van der Waals surface area (Å²) in [5.41, 5.74) is 7.38. The van der Waals surface area contributed by atoms with E-state index in [1.54, 1.807) is 0 Å². The first-order valence-corrected chi connectivity index (χ1v) is 7.70. The number of nitrogens with zero attached hydrogens (tertiary/aromatic N) is 1. The second kappa shape index (κ2) is 7.91. The first kappa shape index (κ1) is 16.5. The maximum Gasteiger partial charge on any atom is 0.321 e. The summed E-state index contributed by atoms with van der Waals surface area (Å²) in [6, 6.07) is 9.66. The van der Waals surface area contributed by atoms with Crippen LogP contribution in [0.15, 0.2) is 30.3 Å². The Labute approximate surface area is 131 Å². The van der Waals surface area contributed by atoms with E-state index in [4.69, 9.17) is 5.73 Å². The molecule has 2 atom stereocenters. The lowest BCUT2D eigenvalue weighted by atomic mass is 9.95. The van der Waals surface area contributed by atoms with Crippen LogP contribution in [0.1, 0.15) is 24.8 Å². The molecule has 2 rings (SSSR count). The van der Waals surface area contributed by atoms with Crippen molar-refractivity contribution in [3.63, 3.8) is 0 Å². The molecule has 1 fully saturated rings. The number of carbonyl (C=O) groups is 2. The normalized spacial score (nSPS) is 21.5. The monoisotopic (exact) mass is 304 g/mol. The molecule has 1 heterocycles. The fourth-order valence-electron chi connectivity index (χ4n) is 2.75. The summed E-state index contributed by atoms with van der Waals surface area (Å²) in [5, 5.41) is 4.96. The molecule has 22 heavy (non-hydrogen) atoms. The molecule has 1 aliphatic heterocycles. The molecule has 0 radical (unpaired) electrons. The summed E-state index contributed by atoms with van der Waals surface area (Å²) in [4.78, 5) is 25.3. The number of hydrogen-bond donors (Lipinski definition) is 3. The molecule has 0 unspecified atom stereocenters. The van der Waals surface area contributed by atoms with Gasteiger partial charge in [-0.15, -0.1) is 0 Å². The van der Waals surface area contributed by atoms with Gasteiger partial charge in [0, 0.05) is 31.6 Å². The number of urea groups is 1. The molecule has 1 aromatic rings. The zero-order valence-corrected chi connectivity index (χ0v) is 12.9. The maximum absolute atomic E-state index is 11.9. The molecule has 120 valence electrons. The van der Waals surface area contributed by atoms with E-state index in [9.17, 15) is 9.59 Å². The lowest BCUT2D eigenvalue weighted by Crippen LogP contribution is -2.44. The standard InChI is InChI=1S/C16H24N4O2/c1-2-8-18-16(22)19-15(21)11-20-9-13(14(17)10-20)12-6-4-3-5-7-12/h3-7,13-14H,2,8-11,17H2,1H3,(H2,18,19,21,22)/t13-,14+/m0/s1. The lowest BCUT2D eigenvalue weighted by molar-refractivity contribution is -0.120. The third-order valence-electron chi connectivity index (χ3n) is 3.82. The van der Waals surface area contributed by atoms with Crippen molar-refractivity contribution < 1.29 is 9.59 Å². The molecule has 6 nitrogen and oxygen atoms in total. The van der Waals surface area contributed by atoms with E-state index in [0.29, 0.717) is 13.1 Å². The molecule has 4 N–H and O–H groups in total. The minimum absolute atomic E-state index is 0.00381. The summed E-state index contributed by atoms with van der Waals surface area (Å²) < 4.78 is 0. The van der Waals surface area contributed by atoms with E-state index < -0.39 is 6.03 Å². The van der Waals surface area contributed by atoms with Gasteiger partial charge in [-0.1, -0.05) is 37.3 Å². The molecule has 0 spiro atoms. The van der Waals surface area contributed by atoms with Gasteiger partial charge in [0.05, 0.1) is 6.54 Å². The Bertz CT molecular complexity index is 506. The molecule has 1 aliphatic rings. The van der Waals surface area contributed by atoms with Crippen molar-refractivity contribution in [3.8, 4) is 0 Å². The Hall–Kier alpha value is -1.92. The van der Waals surface area contributed by atoms with Crippen molar-refractivity contribution in [2.75, 3.05) is 26.2 Å². The van der Waals surface area contributed by atoms with Crippen LogP contribution < -0.4 is 16.4 Å². The largest absolute Gasteiger partial charge is 0.338 e. The van der Waals surface area contributed by atoms with E-state index in [-0.39, 0.29) is 24.4 Å². The first-order valence-electron chi connectivity index (χ1n) is 7.70. The van der Waals surface area contributed by atoms with E-state index in [1.165, 1.54) is 5.56 Å². The molecule has 6 heteroatoms. The summed E-state index contributed by atoms with van der Waals surface area (Å²) in [7, 11) is 0. The van der Waals surface area contributed by atoms with Crippen LogP contribution in [0.4, 0.5) is 4.79 Å². The maximum atomic E-state index is 11.9. The zero-order chi connectivity index (χ0) is 15.9. The number of nitrogens with two attached hydrogens (primary N) is 1. The minimum atomic E-state index is -0.435. The van der Waals surface area contributed by atoms with Crippen molar-refractivity contribution in [3.05, 3.63) is 35.9 Å². The lowest BCUT2D eigenvalue weighted by Gasteiger charge is -2.15. The number of benzene rings is 1. The first-order chi connectivity index (χ1) is 10.6. The van der Waals surface area contributed by atoms with Gasteiger partial charge in [-0.25, -0.2) is 4.79 Å². The third kappa shape index (κ3) is 4.54. The van der Waals surface area contributed by atoms with Crippen LogP contribution >= 0.6 is 0 Å². The second-order valence-electron chi connectivity index (χ2n) is 5.68. The molecule has 0 bridgehead atoms. The second-order valence-corrected chi connectivity index (χ2v) is 5.68. The highest BCUT2D eigenvalue weighted by Crippen LogP contribution is 2.25. The van der Waals surface area contributed by atoms with Gasteiger partial charge in [0.2, 0.25) is 5.91 Å². The van der Waals surface area contributed by atoms with Gasteiger partial charge in [0.25, 0.3) is 0 Å². The fourth-order valence-corrected chi connectivity index (χ4v) is 2.75. The smallest absolute Gasteiger partial charge is 0.321 e. The van der Waals surface area contributed by atoms with E-state index in [0.717, 1.165) is 13.0 Å². The van der Waals surface area contributed by atoms with Crippen LogP contribution in [-0.2, 0) is 4.79 Å². The number of rotatable bonds is 5. The number of nitrogens with one attached hydrogen (secondary N) is 2. The summed E-state index contributed by atoms with van der Waals surface area (Å²) >= 11 is 0. The van der Waals surface area contributed by atoms with Crippen molar-refractivity contribution in [2.45, 2.75) is 25.3 Å². The fraction of sp³-hybridized carbons (Fsp3) is 0.500. The Morgan fingerprint density at radius 2 is 2.00 bits per heavy atom. The number of imide groups is 1. The van der Waals surface area contributed by atoms with Crippen molar-refractivity contribution in [2.24, 2.45) is 5.73 Å². The van der Waals surface area contributed by atoms with Gasteiger partial charge in [0.15, 0.2) is 0 Å². The van der Waals surface area contributed by atoms with Gasteiger partial charge in [-0.05, 0) is 12.0 Å². The molecular weight excluding hydrogens is 280 g/mol. The van der Waals surface area contributed by atoms with Crippen LogP contribution in [0.2, 0.25) is 0 Å². The predicted octanol–water partition coefficient (Wildman–Crippen LogP) is 0.649. The SMILES string of the molecule is CCCNC(=O)NC(=O)CN1C[C@@H](N)[C@H](c2ccccc2)C1. The number of amides is 3. The average molecular weight is 304 g/mol. The number of likely N-dealkylation sites (tertiary alicyclic amines) is 1. The Balaban J connectivity index is 1.82. The van der Waals surface area contributed by atoms with Crippen LogP contribution in [-0.4, -0.2) is 49.1 Å². The van der Waals surface area contributed by atoms with Gasteiger partial charge >= 0.3 is 6.03 Å². The van der Waals surface area contributed by atoms with Crippen LogP contribution in [0.3, 0.4) is 0 Å². The van der Waals surface area contributed by atoms with Gasteiger partial charge < -0.3 is 11.1 Å². The Morgan fingerprint density at radius 1 is 1.27 bits per heavy atom. The predicted molar refractivity (Wildman–Crippen MR) is 85.4 cm³/mol. The number of carbonyl (C=O) groups excluding carboxylic acids is 2. The number of hydrogen-bond acceptors (Lipinski definition) is 4. The van der Waals surface area contributed by atoms with E-state index >= 15 is 0 Å². The molecule has 3 amide bonds. The van der Waals surface area contributed by atoms with Crippen LogP contribution in [0.25, 0.3) is 0 Å². The van der Waals surface area contributed by atoms with Crippen molar-refractivity contribution in [1.29, 1.82) is 0 Å². The summed E-state index contributed by atoms with van der Waals surface area (Å²) in [6.45, 7) is 4.09. The Morgan fingerprint density at radius 3 is 2.68 bits per heavy atom. The van der Waals surface area contributed by atoms with Gasteiger partial charge in [0.1, 0.15) is 0 Å². The van der Waals surface area contributed by atoms with E-state index in [1.807, 2.05) is 30.0 Å². The highest BCUT2D eigenvalue weighted by atomic mass is 16.2. The highest BCUT2D eigenvalue weighted by molar-refractivity contribution is 5.95. The van der Waals surface area contributed by atoms with Gasteiger partial charge in [-0.3, -0.25) is 15.0 Å². The molecule has 1 saturated heterocycles. The summed E-state index contributed by atoms with van der Waals surface area (Å²) in [6.07, 6.45) is 0.835. The van der Waals surface area contributed by atoms with E-state index in [2.05, 4.69) is 22.8 Å². The molecule has 0 aliphatic carbocycles. The van der Waals surface area contributed by atoms with Crippen LogP contribution in [0.5, 0.6) is 0 Å². The zero-order valence-electron chi connectivity index (χ0n) is 12.9.